The SMILES string of the molecule is CCCCN(c1ccccc1CC(C)N)C1CC1. The Bertz CT molecular complexity index is 369. The van der Waals surface area contributed by atoms with Crippen molar-refractivity contribution >= 4 is 5.69 Å². The number of para-hydroxylation sites is 1. The van der Waals surface area contributed by atoms with Crippen molar-refractivity contribution in [3.8, 4) is 0 Å². The van der Waals surface area contributed by atoms with Gasteiger partial charge in [-0.3, -0.25) is 0 Å². The quantitative estimate of drug-likeness (QED) is 0.799. The number of benzene rings is 1. The molecule has 2 N–H and O–H groups in total. The molecule has 1 unspecified atom stereocenters. The van der Waals surface area contributed by atoms with E-state index in [1.165, 1.54) is 43.5 Å². The Kier molecular flexibility index (Phi) is 4.65. The van der Waals surface area contributed by atoms with Gasteiger partial charge in [-0.15, -0.1) is 0 Å². The maximum atomic E-state index is 5.97. The lowest BCUT2D eigenvalue weighted by Crippen LogP contribution is -2.29. The van der Waals surface area contributed by atoms with Crippen molar-refractivity contribution in [1.29, 1.82) is 0 Å². The first kappa shape index (κ1) is 13.4. The highest BCUT2D eigenvalue weighted by Gasteiger charge is 2.29. The zero-order valence-corrected chi connectivity index (χ0v) is 11.7. The fraction of sp³-hybridized carbons (Fsp3) is 0.625. The molecule has 1 aliphatic carbocycles. The second-order valence-electron chi connectivity index (χ2n) is 5.59. The van der Waals surface area contributed by atoms with Gasteiger partial charge in [0.15, 0.2) is 0 Å². The summed E-state index contributed by atoms with van der Waals surface area (Å²) in [5, 5.41) is 0. The van der Waals surface area contributed by atoms with Gasteiger partial charge in [-0.2, -0.15) is 0 Å². The van der Waals surface area contributed by atoms with Crippen molar-refractivity contribution in [3.63, 3.8) is 0 Å². The van der Waals surface area contributed by atoms with Crippen molar-refractivity contribution < 1.29 is 0 Å². The van der Waals surface area contributed by atoms with Crippen molar-refractivity contribution in [1.82, 2.24) is 0 Å². The first-order valence-electron chi connectivity index (χ1n) is 7.32. The third kappa shape index (κ3) is 3.49. The zero-order chi connectivity index (χ0) is 13.0. The minimum Gasteiger partial charge on any atom is -0.368 e. The molecule has 2 rings (SSSR count). The van der Waals surface area contributed by atoms with Crippen molar-refractivity contribution in [2.45, 2.75) is 58.0 Å². The Balaban J connectivity index is 2.17. The largest absolute Gasteiger partial charge is 0.368 e. The molecule has 0 spiro atoms. The molecule has 100 valence electrons. The molecule has 0 amide bonds. The Morgan fingerprint density at radius 3 is 2.67 bits per heavy atom. The van der Waals surface area contributed by atoms with Crippen LogP contribution in [0.5, 0.6) is 0 Å². The second kappa shape index (κ2) is 6.24. The molecule has 1 fully saturated rings. The molecule has 0 aliphatic heterocycles. The van der Waals surface area contributed by atoms with Crippen LogP contribution in [-0.2, 0) is 6.42 Å². The summed E-state index contributed by atoms with van der Waals surface area (Å²) in [5.41, 5.74) is 8.80. The average Bonchev–Trinajstić information content (AvgIpc) is 3.15. The third-order valence-corrected chi connectivity index (χ3v) is 3.58. The highest BCUT2D eigenvalue weighted by molar-refractivity contribution is 5.55. The van der Waals surface area contributed by atoms with Gasteiger partial charge >= 0.3 is 0 Å². The Labute approximate surface area is 111 Å². The summed E-state index contributed by atoms with van der Waals surface area (Å²) >= 11 is 0. The summed E-state index contributed by atoms with van der Waals surface area (Å²) in [6.07, 6.45) is 6.24. The van der Waals surface area contributed by atoms with Crippen molar-refractivity contribution in [2.75, 3.05) is 11.4 Å². The molecule has 0 heterocycles. The van der Waals surface area contributed by atoms with Gasteiger partial charge in [0.2, 0.25) is 0 Å². The van der Waals surface area contributed by atoms with E-state index in [0.717, 1.165) is 12.5 Å². The molecule has 0 aromatic heterocycles. The van der Waals surface area contributed by atoms with Crippen molar-refractivity contribution in [2.24, 2.45) is 5.73 Å². The van der Waals surface area contributed by atoms with Gasteiger partial charge in [0, 0.05) is 24.3 Å². The Morgan fingerprint density at radius 1 is 1.33 bits per heavy atom. The molecule has 1 aromatic rings. The van der Waals surface area contributed by atoms with Crippen LogP contribution in [0.2, 0.25) is 0 Å². The number of rotatable bonds is 7. The first-order chi connectivity index (χ1) is 8.72. The highest BCUT2D eigenvalue weighted by Crippen LogP contribution is 2.34. The van der Waals surface area contributed by atoms with E-state index in [9.17, 15) is 0 Å². The molecule has 0 radical (unpaired) electrons. The third-order valence-electron chi connectivity index (χ3n) is 3.58. The van der Waals surface area contributed by atoms with E-state index < -0.39 is 0 Å². The minimum absolute atomic E-state index is 0.235. The number of unbranched alkanes of at least 4 members (excludes halogenated alkanes) is 1. The van der Waals surface area contributed by atoms with Gasteiger partial charge < -0.3 is 10.6 Å². The molecule has 1 saturated carbocycles. The summed E-state index contributed by atoms with van der Waals surface area (Å²) in [7, 11) is 0. The van der Waals surface area contributed by atoms with Crippen LogP contribution in [0.4, 0.5) is 5.69 Å². The van der Waals surface area contributed by atoms with Crippen LogP contribution in [0.15, 0.2) is 24.3 Å². The van der Waals surface area contributed by atoms with Gasteiger partial charge in [-0.05, 0) is 44.2 Å². The molecule has 18 heavy (non-hydrogen) atoms. The predicted molar refractivity (Wildman–Crippen MR) is 79.1 cm³/mol. The molecule has 0 bridgehead atoms. The van der Waals surface area contributed by atoms with E-state index in [1.807, 2.05) is 0 Å². The zero-order valence-electron chi connectivity index (χ0n) is 11.7. The van der Waals surface area contributed by atoms with Gasteiger partial charge in [0.1, 0.15) is 0 Å². The lowest BCUT2D eigenvalue weighted by Gasteiger charge is -2.27. The Hall–Kier alpha value is -1.02. The second-order valence-corrected chi connectivity index (χ2v) is 5.59. The normalized spacial score (nSPS) is 16.6. The molecular formula is C16H26N2. The van der Waals surface area contributed by atoms with Gasteiger partial charge in [-0.1, -0.05) is 31.5 Å². The van der Waals surface area contributed by atoms with E-state index in [2.05, 4.69) is 43.0 Å². The lowest BCUT2D eigenvalue weighted by atomic mass is 10.0. The number of nitrogens with zero attached hydrogens (tertiary/aromatic N) is 1. The molecular weight excluding hydrogens is 220 g/mol. The highest BCUT2D eigenvalue weighted by atomic mass is 15.2. The predicted octanol–water partition coefficient (Wildman–Crippen LogP) is 3.35. The van der Waals surface area contributed by atoms with E-state index in [0.29, 0.717) is 0 Å². The van der Waals surface area contributed by atoms with Crippen LogP contribution in [0.25, 0.3) is 0 Å². The maximum Gasteiger partial charge on any atom is 0.0401 e. The van der Waals surface area contributed by atoms with Crippen LogP contribution in [0, 0.1) is 0 Å². The molecule has 0 saturated heterocycles. The fourth-order valence-electron chi connectivity index (χ4n) is 2.52. The van der Waals surface area contributed by atoms with E-state index >= 15 is 0 Å². The minimum atomic E-state index is 0.235. The number of anilines is 1. The summed E-state index contributed by atoms with van der Waals surface area (Å²) in [5.74, 6) is 0. The van der Waals surface area contributed by atoms with E-state index in [4.69, 9.17) is 5.73 Å². The van der Waals surface area contributed by atoms with Crippen LogP contribution in [0.1, 0.15) is 45.1 Å². The summed E-state index contributed by atoms with van der Waals surface area (Å²) in [4.78, 5) is 2.61. The monoisotopic (exact) mass is 246 g/mol. The summed E-state index contributed by atoms with van der Waals surface area (Å²) in [6, 6.07) is 9.81. The van der Waals surface area contributed by atoms with Gasteiger partial charge in [-0.25, -0.2) is 0 Å². The van der Waals surface area contributed by atoms with Crippen LogP contribution >= 0.6 is 0 Å². The molecule has 1 atom stereocenters. The molecule has 1 aromatic carbocycles. The number of hydrogen-bond acceptors (Lipinski definition) is 2. The van der Waals surface area contributed by atoms with Crippen LogP contribution in [0.3, 0.4) is 0 Å². The first-order valence-corrected chi connectivity index (χ1v) is 7.32. The number of hydrogen-bond donors (Lipinski definition) is 1. The maximum absolute atomic E-state index is 5.97. The van der Waals surface area contributed by atoms with Crippen LogP contribution < -0.4 is 10.6 Å². The molecule has 2 heteroatoms. The van der Waals surface area contributed by atoms with E-state index in [-0.39, 0.29) is 6.04 Å². The topological polar surface area (TPSA) is 29.3 Å². The summed E-state index contributed by atoms with van der Waals surface area (Å²) in [6.45, 7) is 5.54. The smallest absolute Gasteiger partial charge is 0.0401 e. The lowest BCUT2D eigenvalue weighted by molar-refractivity contribution is 0.697. The molecule has 2 nitrogen and oxygen atoms in total. The van der Waals surface area contributed by atoms with Gasteiger partial charge in [0.05, 0.1) is 0 Å². The van der Waals surface area contributed by atoms with E-state index in [1.54, 1.807) is 0 Å². The number of nitrogens with two attached hydrogens (primary N) is 1. The average molecular weight is 246 g/mol. The summed E-state index contributed by atoms with van der Waals surface area (Å²) < 4.78 is 0. The standard InChI is InChI=1S/C16H26N2/c1-3-4-11-18(15-9-10-15)16-8-6-5-7-14(16)12-13(2)17/h5-8,13,15H,3-4,9-12,17H2,1-2H3. The Morgan fingerprint density at radius 2 is 2.06 bits per heavy atom. The fourth-order valence-corrected chi connectivity index (χ4v) is 2.52. The van der Waals surface area contributed by atoms with Gasteiger partial charge in [0.25, 0.3) is 0 Å². The van der Waals surface area contributed by atoms with Crippen LogP contribution in [-0.4, -0.2) is 18.6 Å². The molecule has 1 aliphatic rings. The van der Waals surface area contributed by atoms with Crippen molar-refractivity contribution in [3.05, 3.63) is 29.8 Å².